The van der Waals surface area contributed by atoms with Crippen LogP contribution in [0.5, 0.6) is 0 Å². The first kappa shape index (κ1) is 14.1. The normalized spacial score (nSPS) is 22.5. The van der Waals surface area contributed by atoms with Gasteiger partial charge in [0.05, 0.1) is 18.6 Å². The topological polar surface area (TPSA) is 35.5 Å². The minimum Gasteiger partial charge on any atom is -0.465 e. The van der Waals surface area contributed by atoms with Crippen LogP contribution in [-0.4, -0.2) is 19.2 Å². The lowest BCUT2D eigenvalue weighted by molar-refractivity contribution is -0.146. The molecule has 104 valence electrons. The molecule has 1 atom stereocenters. The summed E-state index contributed by atoms with van der Waals surface area (Å²) in [7, 11) is 0. The first-order valence-corrected chi connectivity index (χ1v) is 7.06. The highest BCUT2D eigenvalue weighted by Crippen LogP contribution is 2.38. The third kappa shape index (κ3) is 3.57. The van der Waals surface area contributed by atoms with Crippen molar-refractivity contribution in [1.29, 1.82) is 0 Å². The van der Waals surface area contributed by atoms with Crippen LogP contribution < -0.4 is 0 Å². The molecule has 0 aliphatic carbocycles. The lowest BCUT2D eigenvalue weighted by atomic mass is 9.79. The van der Waals surface area contributed by atoms with Crippen molar-refractivity contribution in [3.05, 3.63) is 35.9 Å². The van der Waals surface area contributed by atoms with E-state index in [0.29, 0.717) is 19.8 Å². The van der Waals surface area contributed by atoms with E-state index in [1.54, 1.807) is 0 Å². The molecule has 2 rings (SSSR count). The predicted molar refractivity (Wildman–Crippen MR) is 73.6 cm³/mol. The molecule has 0 bridgehead atoms. The highest BCUT2D eigenvalue weighted by atomic mass is 16.5. The van der Waals surface area contributed by atoms with Gasteiger partial charge >= 0.3 is 5.97 Å². The van der Waals surface area contributed by atoms with Crippen molar-refractivity contribution in [2.24, 2.45) is 5.41 Å². The Morgan fingerprint density at radius 3 is 2.74 bits per heavy atom. The predicted octanol–water partition coefficient (Wildman–Crippen LogP) is 3.33. The summed E-state index contributed by atoms with van der Waals surface area (Å²) >= 11 is 0. The number of hydrogen-bond acceptors (Lipinski definition) is 3. The number of ether oxygens (including phenoxy) is 2. The Morgan fingerprint density at radius 2 is 2.11 bits per heavy atom. The van der Waals surface area contributed by atoms with Gasteiger partial charge in [-0.3, -0.25) is 4.79 Å². The molecule has 0 radical (unpaired) electrons. The lowest BCUT2D eigenvalue weighted by Gasteiger charge is -2.22. The third-order valence-electron chi connectivity index (χ3n) is 3.98. The first-order chi connectivity index (χ1) is 9.27. The molecule has 3 heteroatoms. The first-order valence-electron chi connectivity index (χ1n) is 7.06. The number of carbonyl (C=O) groups excluding carboxylic acids is 1. The summed E-state index contributed by atoms with van der Waals surface area (Å²) in [6, 6.07) is 10.1. The van der Waals surface area contributed by atoms with Crippen LogP contribution in [0.1, 0.15) is 38.2 Å². The van der Waals surface area contributed by atoms with Crippen LogP contribution in [0, 0.1) is 5.41 Å². The molecule has 1 aliphatic rings. The Labute approximate surface area is 114 Å². The van der Waals surface area contributed by atoms with Gasteiger partial charge in [-0.2, -0.15) is 0 Å². The molecule has 19 heavy (non-hydrogen) atoms. The fourth-order valence-electron chi connectivity index (χ4n) is 2.60. The quantitative estimate of drug-likeness (QED) is 0.558. The Morgan fingerprint density at radius 1 is 1.32 bits per heavy atom. The van der Waals surface area contributed by atoms with E-state index in [4.69, 9.17) is 9.47 Å². The largest absolute Gasteiger partial charge is 0.465 e. The van der Waals surface area contributed by atoms with E-state index in [0.717, 1.165) is 25.7 Å². The average Bonchev–Trinajstić information content (AvgIpc) is 2.81. The van der Waals surface area contributed by atoms with E-state index in [-0.39, 0.29) is 11.4 Å². The Bertz CT molecular complexity index is 402. The van der Waals surface area contributed by atoms with Gasteiger partial charge in [0.2, 0.25) is 0 Å². The zero-order valence-electron chi connectivity index (χ0n) is 11.6. The number of carbonyl (C=O) groups is 1. The molecule has 1 aromatic rings. The van der Waals surface area contributed by atoms with E-state index in [1.807, 2.05) is 18.2 Å². The third-order valence-corrected chi connectivity index (χ3v) is 3.98. The summed E-state index contributed by atoms with van der Waals surface area (Å²) in [6.45, 7) is 3.99. The number of benzene rings is 1. The van der Waals surface area contributed by atoms with Gasteiger partial charge in [0.25, 0.3) is 0 Å². The zero-order chi connectivity index (χ0) is 13.6. The minimum atomic E-state index is -0.240. The van der Waals surface area contributed by atoms with Gasteiger partial charge < -0.3 is 9.47 Å². The molecule has 0 spiro atoms. The molecule has 1 aromatic carbocycles. The number of esters is 1. The number of hydrogen-bond donors (Lipinski definition) is 0. The second-order valence-electron chi connectivity index (χ2n) is 5.16. The summed E-state index contributed by atoms with van der Waals surface area (Å²) in [4.78, 5) is 11.7. The van der Waals surface area contributed by atoms with E-state index in [2.05, 4.69) is 19.1 Å². The smallest absolute Gasteiger partial charge is 0.312 e. The van der Waals surface area contributed by atoms with Gasteiger partial charge in [-0.1, -0.05) is 37.3 Å². The minimum absolute atomic E-state index is 0.0157. The van der Waals surface area contributed by atoms with Crippen molar-refractivity contribution in [1.82, 2.24) is 0 Å². The molecule has 1 saturated heterocycles. The standard InChI is InChI=1S/C16H22O3/c1-2-16(10-12-19-15(16)17)9-6-11-18-13-14-7-4-3-5-8-14/h3-5,7-8H,2,6,9-13H2,1H3/t16-/m0/s1. The van der Waals surface area contributed by atoms with Gasteiger partial charge in [-0.15, -0.1) is 0 Å². The number of cyclic esters (lactones) is 1. The molecule has 1 aliphatic heterocycles. The SMILES string of the molecule is CC[C@]1(CCCOCc2ccccc2)CCOC1=O. The molecule has 0 saturated carbocycles. The highest BCUT2D eigenvalue weighted by molar-refractivity contribution is 5.78. The molecule has 0 N–H and O–H groups in total. The van der Waals surface area contributed by atoms with Gasteiger partial charge in [-0.25, -0.2) is 0 Å². The average molecular weight is 262 g/mol. The van der Waals surface area contributed by atoms with Crippen LogP contribution in [0.4, 0.5) is 0 Å². The van der Waals surface area contributed by atoms with Gasteiger partial charge in [0.15, 0.2) is 0 Å². The zero-order valence-corrected chi connectivity index (χ0v) is 11.6. The maximum absolute atomic E-state index is 11.7. The molecule has 0 aromatic heterocycles. The van der Waals surface area contributed by atoms with Crippen LogP contribution in [0.3, 0.4) is 0 Å². The fraction of sp³-hybridized carbons (Fsp3) is 0.562. The maximum Gasteiger partial charge on any atom is 0.312 e. The van der Waals surface area contributed by atoms with E-state index < -0.39 is 0 Å². The Kier molecular flexibility index (Phi) is 4.97. The maximum atomic E-state index is 11.7. The van der Waals surface area contributed by atoms with Crippen LogP contribution in [0.15, 0.2) is 30.3 Å². The van der Waals surface area contributed by atoms with Gasteiger partial charge in [0, 0.05) is 6.61 Å². The van der Waals surface area contributed by atoms with Crippen LogP contribution in [0.25, 0.3) is 0 Å². The van der Waals surface area contributed by atoms with Crippen molar-refractivity contribution in [3.8, 4) is 0 Å². The molecule has 1 heterocycles. The van der Waals surface area contributed by atoms with Crippen molar-refractivity contribution in [2.45, 2.75) is 39.2 Å². The van der Waals surface area contributed by atoms with Crippen molar-refractivity contribution in [3.63, 3.8) is 0 Å². The molecule has 1 fully saturated rings. The van der Waals surface area contributed by atoms with Crippen molar-refractivity contribution < 1.29 is 14.3 Å². The monoisotopic (exact) mass is 262 g/mol. The van der Waals surface area contributed by atoms with Gasteiger partial charge in [-0.05, 0) is 31.2 Å². The van der Waals surface area contributed by atoms with Gasteiger partial charge in [0.1, 0.15) is 0 Å². The van der Waals surface area contributed by atoms with E-state index in [9.17, 15) is 4.79 Å². The van der Waals surface area contributed by atoms with Crippen LogP contribution in [-0.2, 0) is 20.9 Å². The molecular formula is C16H22O3. The Balaban J connectivity index is 1.68. The summed E-state index contributed by atoms with van der Waals surface area (Å²) in [5.74, 6) is -0.0157. The summed E-state index contributed by atoms with van der Waals surface area (Å²) in [5.41, 5.74) is 0.948. The summed E-state index contributed by atoms with van der Waals surface area (Å²) in [6.07, 6.45) is 3.51. The number of rotatable bonds is 7. The molecular weight excluding hydrogens is 240 g/mol. The lowest BCUT2D eigenvalue weighted by Crippen LogP contribution is -2.25. The van der Waals surface area contributed by atoms with Crippen molar-refractivity contribution >= 4 is 5.97 Å². The fourth-order valence-corrected chi connectivity index (χ4v) is 2.60. The van der Waals surface area contributed by atoms with Crippen LogP contribution in [0.2, 0.25) is 0 Å². The second-order valence-corrected chi connectivity index (χ2v) is 5.16. The highest BCUT2D eigenvalue weighted by Gasteiger charge is 2.42. The second kappa shape index (κ2) is 6.71. The summed E-state index contributed by atoms with van der Waals surface area (Å²) in [5, 5.41) is 0. The van der Waals surface area contributed by atoms with Crippen molar-refractivity contribution in [2.75, 3.05) is 13.2 Å². The van der Waals surface area contributed by atoms with Crippen LogP contribution >= 0.6 is 0 Å². The molecule has 0 amide bonds. The summed E-state index contributed by atoms with van der Waals surface area (Å²) < 4.78 is 10.8. The molecule has 3 nitrogen and oxygen atoms in total. The van der Waals surface area contributed by atoms with E-state index >= 15 is 0 Å². The molecule has 0 unspecified atom stereocenters. The van der Waals surface area contributed by atoms with E-state index in [1.165, 1.54) is 5.56 Å². The Hall–Kier alpha value is -1.35.